The summed E-state index contributed by atoms with van der Waals surface area (Å²) in [7, 11) is 1.42. The number of H-pyrrole nitrogens is 1. The van der Waals surface area contributed by atoms with Crippen LogP contribution in [0.15, 0.2) is 22.8 Å². The van der Waals surface area contributed by atoms with E-state index in [1.54, 1.807) is 25.3 Å². The van der Waals surface area contributed by atoms with Crippen molar-refractivity contribution in [3.8, 4) is 6.07 Å². The van der Waals surface area contributed by atoms with Gasteiger partial charge in [0, 0.05) is 14.0 Å². The molecule has 22 heavy (non-hydrogen) atoms. The zero-order valence-electron chi connectivity index (χ0n) is 12.2. The fourth-order valence-electron chi connectivity index (χ4n) is 2.18. The number of aromatic nitrogens is 1. The molecule has 0 radical (unpaired) electrons. The molecule has 8 nitrogen and oxygen atoms in total. The minimum atomic E-state index is -0.517. The summed E-state index contributed by atoms with van der Waals surface area (Å²) in [5.41, 5.74) is 0.610. The summed E-state index contributed by atoms with van der Waals surface area (Å²) >= 11 is 0. The fraction of sp³-hybridized carbons (Fsp3) is 0.286. The molecule has 0 saturated carbocycles. The second kappa shape index (κ2) is 6.69. The highest BCUT2D eigenvalue weighted by Crippen LogP contribution is 2.28. The zero-order valence-corrected chi connectivity index (χ0v) is 12.2. The van der Waals surface area contributed by atoms with Crippen LogP contribution < -0.4 is 10.3 Å². The molecular weight excluding hydrogens is 288 g/mol. The first-order chi connectivity index (χ1) is 10.6. The SMILES string of the molecule is COCc1c(C#N)c(NCc2ccco2)[nH+]c(C)c1[N+](=O)[O-]. The average molecular weight is 303 g/mol. The lowest BCUT2D eigenvalue weighted by Crippen LogP contribution is -2.22. The van der Waals surface area contributed by atoms with Crippen LogP contribution in [0, 0.1) is 28.4 Å². The third kappa shape index (κ3) is 3.05. The third-order valence-corrected chi connectivity index (χ3v) is 3.11. The number of aryl methyl sites for hydroxylation is 1. The lowest BCUT2D eigenvalue weighted by Gasteiger charge is -2.08. The second-order valence-corrected chi connectivity index (χ2v) is 4.56. The molecule has 0 aromatic carbocycles. The van der Waals surface area contributed by atoms with E-state index >= 15 is 0 Å². The van der Waals surface area contributed by atoms with Crippen LogP contribution in [0.25, 0.3) is 0 Å². The highest BCUT2D eigenvalue weighted by molar-refractivity contribution is 5.60. The number of nitro groups is 1. The molecule has 0 aliphatic heterocycles. The van der Waals surface area contributed by atoms with Crippen molar-refractivity contribution in [3.05, 3.63) is 51.1 Å². The topological polar surface area (TPSA) is 115 Å². The lowest BCUT2D eigenvalue weighted by atomic mass is 10.1. The summed E-state index contributed by atoms with van der Waals surface area (Å²) in [6.45, 7) is 1.91. The Labute approximate surface area is 126 Å². The number of nitriles is 1. The van der Waals surface area contributed by atoms with E-state index in [9.17, 15) is 15.4 Å². The number of hydrogen-bond donors (Lipinski definition) is 1. The van der Waals surface area contributed by atoms with Crippen molar-refractivity contribution in [3.63, 3.8) is 0 Å². The van der Waals surface area contributed by atoms with Crippen molar-refractivity contribution in [2.75, 3.05) is 12.4 Å². The third-order valence-electron chi connectivity index (χ3n) is 3.11. The molecule has 0 atom stereocenters. The molecule has 0 aliphatic carbocycles. The molecule has 0 saturated heterocycles. The van der Waals surface area contributed by atoms with E-state index in [2.05, 4.69) is 10.3 Å². The number of nitrogens with zero attached hydrogens (tertiary/aromatic N) is 2. The molecule has 2 aromatic heterocycles. The van der Waals surface area contributed by atoms with Crippen molar-refractivity contribution in [1.29, 1.82) is 5.26 Å². The Hall–Kier alpha value is -2.92. The Morgan fingerprint density at radius 2 is 2.36 bits per heavy atom. The number of rotatable bonds is 6. The Morgan fingerprint density at radius 3 is 2.91 bits per heavy atom. The van der Waals surface area contributed by atoms with Crippen LogP contribution in [0.1, 0.15) is 22.6 Å². The maximum atomic E-state index is 11.2. The van der Waals surface area contributed by atoms with Gasteiger partial charge >= 0.3 is 5.69 Å². The molecule has 2 N–H and O–H groups in total. The zero-order chi connectivity index (χ0) is 16.1. The van der Waals surface area contributed by atoms with E-state index in [1.165, 1.54) is 7.11 Å². The van der Waals surface area contributed by atoms with Crippen molar-refractivity contribution >= 4 is 11.5 Å². The molecule has 0 unspecified atom stereocenters. The van der Waals surface area contributed by atoms with Gasteiger partial charge in [-0.15, -0.1) is 0 Å². The molecule has 0 spiro atoms. The number of ether oxygens (including phenoxy) is 1. The van der Waals surface area contributed by atoms with Gasteiger partial charge < -0.3 is 9.15 Å². The maximum absolute atomic E-state index is 11.2. The number of pyridine rings is 1. The van der Waals surface area contributed by atoms with E-state index in [0.717, 1.165) is 0 Å². The summed E-state index contributed by atoms with van der Waals surface area (Å²) < 4.78 is 10.2. The van der Waals surface area contributed by atoms with Crippen LogP contribution in [-0.2, 0) is 17.9 Å². The largest absolute Gasteiger partial charge is 0.465 e. The predicted octanol–water partition coefficient (Wildman–Crippen LogP) is 1.94. The molecule has 0 aliphatic rings. The van der Waals surface area contributed by atoms with E-state index in [1.807, 2.05) is 6.07 Å². The first kappa shape index (κ1) is 15.5. The van der Waals surface area contributed by atoms with Gasteiger partial charge in [-0.1, -0.05) is 0 Å². The molecule has 0 amide bonds. The van der Waals surface area contributed by atoms with E-state index in [4.69, 9.17) is 9.15 Å². The van der Waals surface area contributed by atoms with Crippen molar-refractivity contribution in [1.82, 2.24) is 0 Å². The molecule has 2 rings (SSSR count). The number of hydrogen-bond acceptors (Lipinski definition) is 6. The van der Waals surface area contributed by atoms with E-state index in [0.29, 0.717) is 23.8 Å². The Kier molecular flexibility index (Phi) is 4.70. The molecule has 2 heterocycles. The van der Waals surface area contributed by atoms with Crippen LogP contribution in [0.2, 0.25) is 0 Å². The van der Waals surface area contributed by atoms with Gasteiger partial charge in [-0.3, -0.25) is 15.4 Å². The van der Waals surface area contributed by atoms with Gasteiger partial charge in [0.2, 0.25) is 0 Å². The summed E-state index contributed by atoms with van der Waals surface area (Å²) in [5, 5.41) is 23.6. The number of nitrogens with one attached hydrogen (secondary N) is 2. The van der Waals surface area contributed by atoms with Gasteiger partial charge in [-0.05, 0) is 12.1 Å². The quantitative estimate of drug-likeness (QED) is 0.644. The van der Waals surface area contributed by atoms with Crippen molar-refractivity contribution in [2.24, 2.45) is 0 Å². The smallest absolute Gasteiger partial charge is 0.317 e. The molecular formula is C14H15N4O4+. The standard InChI is InChI=1S/C14H14N4O4/c1-9-13(18(19)20)12(8-21-2)11(6-15)14(17-9)16-7-10-4-3-5-22-10/h3-5H,7-8H2,1-2H3,(H,16,17)/p+1. The Balaban J connectivity index is 2.45. The average Bonchev–Trinajstić information content (AvgIpc) is 2.98. The van der Waals surface area contributed by atoms with Gasteiger partial charge in [0.1, 0.15) is 18.4 Å². The van der Waals surface area contributed by atoms with Gasteiger partial charge in [0.15, 0.2) is 11.3 Å². The molecule has 8 heteroatoms. The van der Waals surface area contributed by atoms with Crippen LogP contribution in [0.5, 0.6) is 0 Å². The number of aromatic amines is 1. The summed E-state index contributed by atoms with van der Waals surface area (Å²) in [6.07, 6.45) is 1.55. The maximum Gasteiger partial charge on any atom is 0.317 e. The minimum Gasteiger partial charge on any atom is -0.465 e. The summed E-state index contributed by atoms with van der Waals surface area (Å²) in [6, 6.07) is 5.53. The highest BCUT2D eigenvalue weighted by Gasteiger charge is 2.29. The van der Waals surface area contributed by atoms with Gasteiger partial charge in [0.25, 0.3) is 5.82 Å². The lowest BCUT2D eigenvalue weighted by molar-refractivity contribution is -0.420. The van der Waals surface area contributed by atoms with Crippen LogP contribution in [-0.4, -0.2) is 12.0 Å². The van der Waals surface area contributed by atoms with Crippen LogP contribution in [0.4, 0.5) is 11.5 Å². The number of furan rings is 1. The summed E-state index contributed by atoms with van der Waals surface area (Å²) in [5.74, 6) is 1.08. The van der Waals surface area contributed by atoms with Crippen LogP contribution in [0.3, 0.4) is 0 Å². The number of methoxy groups -OCH3 is 1. The van der Waals surface area contributed by atoms with Crippen LogP contribution >= 0.6 is 0 Å². The molecule has 114 valence electrons. The second-order valence-electron chi connectivity index (χ2n) is 4.56. The van der Waals surface area contributed by atoms with Gasteiger partial charge in [0.05, 0.1) is 23.4 Å². The predicted molar refractivity (Wildman–Crippen MR) is 75.9 cm³/mol. The van der Waals surface area contributed by atoms with Gasteiger partial charge in [-0.2, -0.15) is 5.26 Å². The highest BCUT2D eigenvalue weighted by atomic mass is 16.6. The number of anilines is 1. The Bertz CT molecular complexity index is 719. The molecule has 0 fully saturated rings. The van der Waals surface area contributed by atoms with Crippen molar-refractivity contribution < 1.29 is 19.1 Å². The van der Waals surface area contributed by atoms with Gasteiger partial charge in [-0.25, -0.2) is 4.98 Å². The molecule has 2 aromatic rings. The van der Waals surface area contributed by atoms with E-state index < -0.39 is 4.92 Å². The first-order valence-corrected chi connectivity index (χ1v) is 6.47. The first-order valence-electron chi connectivity index (χ1n) is 6.47. The normalized spacial score (nSPS) is 10.2. The Morgan fingerprint density at radius 1 is 1.59 bits per heavy atom. The van der Waals surface area contributed by atoms with E-state index in [-0.39, 0.29) is 23.4 Å². The fourth-order valence-corrected chi connectivity index (χ4v) is 2.18. The minimum absolute atomic E-state index is 0.0237. The van der Waals surface area contributed by atoms with Crippen molar-refractivity contribution in [2.45, 2.75) is 20.1 Å². The molecule has 0 bridgehead atoms. The monoisotopic (exact) mass is 303 g/mol. The summed E-state index contributed by atoms with van der Waals surface area (Å²) in [4.78, 5) is 13.6.